The Morgan fingerprint density at radius 1 is 1.29 bits per heavy atom. The third-order valence-corrected chi connectivity index (χ3v) is 4.60. The monoisotopic (exact) mass is 290 g/mol. The number of hydrogen-bond acceptors (Lipinski definition) is 5. The van der Waals surface area contributed by atoms with Crippen molar-refractivity contribution in [2.24, 2.45) is 0 Å². The first-order valence-corrected chi connectivity index (χ1v) is 7.60. The lowest BCUT2D eigenvalue weighted by atomic mass is 10.1. The molecule has 6 heteroatoms. The lowest BCUT2D eigenvalue weighted by molar-refractivity contribution is -0.384. The van der Waals surface area contributed by atoms with E-state index >= 15 is 0 Å². The Morgan fingerprint density at radius 3 is 2.67 bits per heavy atom. The number of anilines is 1. The fraction of sp³-hybridized carbons (Fsp3) is 0.600. The summed E-state index contributed by atoms with van der Waals surface area (Å²) in [7, 11) is 0. The fourth-order valence-corrected chi connectivity index (χ4v) is 3.42. The molecule has 1 unspecified atom stereocenters. The molecule has 3 rings (SSSR count). The highest BCUT2D eigenvalue weighted by Crippen LogP contribution is 2.32. The SMILES string of the molecule is Cc1cccc(N2CCN(C3CCNC3)CC2)c1[N+](=O)[O-]. The molecule has 0 aliphatic carbocycles. The van der Waals surface area contributed by atoms with E-state index in [1.165, 1.54) is 6.42 Å². The van der Waals surface area contributed by atoms with Crippen LogP contribution in [0.3, 0.4) is 0 Å². The molecule has 21 heavy (non-hydrogen) atoms. The van der Waals surface area contributed by atoms with Gasteiger partial charge in [-0.3, -0.25) is 15.0 Å². The Balaban J connectivity index is 1.72. The van der Waals surface area contributed by atoms with E-state index in [0.717, 1.165) is 50.5 Å². The highest BCUT2D eigenvalue weighted by Gasteiger charge is 2.29. The molecule has 114 valence electrons. The summed E-state index contributed by atoms with van der Waals surface area (Å²) in [5.41, 5.74) is 1.76. The van der Waals surface area contributed by atoms with E-state index in [-0.39, 0.29) is 10.6 Å². The maximum atomic E-state index is 11.3. The van der Waals surface area contributed by atoms with E-state index in [2.05, 4.69) is 15.1 Å². The molecular formula is C15H22N4O2. The molecule has 0 bridgehead atoms. The summed E-state index contributed by atoms with van der Waals surface area (Å²) in [6.45, 7) is 7.68. The predicted octanol–water partition coefficient (Wildman–Crippen LogP) is 1.39. The van der Waals surface area contributed by atoms with Crippen LogP contribution in [0, 0.1) is 17.0 Å². The summed E-state index contributed by atoms with van der Waals surface area (Å²) >= 11 is 0. The van der Waals surface area contributed by atoms with Gasteiger partial charge in [-0.2, -0.15) is 0 Å². The van der Waals surface area contributed by atoms with Crippen LogP contribution in [0.1, 0.15) is 12.0 Å². The molecule has 1 atom stereocenters. The van der Waals surface area contributed by atoms with Crippen molar-refractivity contribution in [2.75, 3.05) is 44.2 Å². The molecule has 0 amide bonds. The number of aryl methyl sites for hydroxylation is 1. The minimum Gasteiger partial charge on any atom is -0.363 e. The van der Waals surface area contributed by atoms with Crippen LogP contribution in [-0.2, 0) is 0 Å². The lowest BCUT2D eigenvalue weighted by Crippen LogP contribution is -2.51. The summed E-state index contributed by atoms with van der Waals surface area (Å²) in [5.74, 6) is 0. The average Bonchev–Trinajstić information content (AvgIpc) is 3.01. The highest BCUT2D eigenvalue weighted by molar-refractivity contribution is 5.66. The van der Waals surface area contributed by atoms with Gasteiger partial charge in [-0.15, -0.1) is 0 Å². The van der Waals surface area contributed by atoms with E-state index in [9.17, 15) is 10.1 Å². The van der Waals surface area contributed by atoms with Crippen LogP contribution in [0.2, 0.25) is 0 Å². The molecule has 2 fully saturated rings. The second-order valence-corrected chi connectivity index (χ2v) is 5.87. The van der Waals surface area contributed by atoms with Crippen molar-refractivity contribution in [1.29, 1.82) is 0 Å². The first kappa shape index (κ1) is 14.3. The zero-order valence-corrected chi connectivity index (χ0v) is 12.4. The summed E-state index contributed by atoms with van der Waals surface area (Å²) in [6.07, 6.45) is 1.21. The third kappa shape index (κ3) is 2.87. The van der Waals surface area contributed by atoms with Gasteiger partial charge in [0.1, 0.15) is 5.69 Å². The van der Waals surface area contributed by atoms with Crippen LogP contribution < -0.4 is 10.2 Å². The Bertz CT molecular complexity index is 520. The number of rotatable bonds is 3. The van der Waals surface area contributed by atoms with Gasteiger partial charge in [-0.25, -0.2) is 0 Å². The van der Waals surface area contributed by atoms with E-state index in [1.54, 1.807) is 0 Å². The van der Waals surface area contributed by atoms with Gasteiger partial charge >= 0.3 is 0 Å². The van der Waals surface area contributed by atoms with Crippen molar-refractivity contribution in [3.63, 3.8) is 0 Å². The molecular weight excluding hydrogens is 268 g/mol. The van der Waals surface area contributed by atoms with Gasteiger partial charge < -0.3 is 10.2 Å². The number of para-hydroxylation sites is 1. The molecule has 2 saturated heterocycles. The standard InChI is InChI=1S/C15H22N4O2/c1-12-3-2-4-14(15(12)19(20)21)18-9-7-17(8-10-18)13-5-6-16-11-13/h2-4,13,16H,5-11H2,1H3. The van der Waals surface area contributed by atoms with Crippen LogP contribution in [0.15, 0.2) is 18.2 Å². The van der Waals surface area contributed by atoms with Crippen molar-refractivity contribution < 1.29 is 4.92 Å². The minimum atomic E-state index is -0.252. The summed E-state index contributed by atoms with van der Waals surface area (Å²) < 4.78 is 0. The summed E-state index contributed by atoms with van der Waals surface area (Å²) in [4.78, 5) is 15.7. The van der Waals surface area contributed by atoms with Crippen molar-refractivity contribution in [3.8, 4) is 0 Å². The zero-order valence-electron chi connectivity index (χ0n) is 12.4. The molecule has 2 aliphatic heterocycles. The largest absolute Gasteiger partial charge is 0.363 e. The minimum absolute atomic E-state index is 0.252. The summed E-state index contributed by atoms with van der Waals surface area (Å²) in [6, 6.07) is 6.23. The first-order chi connectivity index (χ1) is 10.2. The zero-order chi connectivity index (χ0) is 14.8. The predicted molar refractivity (Wildman–Crippen MR) is 82.9 cm³/mol. The van der Waals surface area contributed by atoms with Crippen LogP contribution in [0.5, 0.6) is 0 Å². The van der Waals surface area contributed by atoms with Gasteiger partial charge in [0, 0.05) is 44.3 Å². The number of nitrogens with zero attached hydrogens (tertiary/aromatic N) is 3. The maximum Gasteiger partial charge on any atom is 0.295 e. The van der Waals surface area contributed by atoms with Gasteiger partial charge in [-0.1, -0.05) is 12.1 Å². The van der Waals surface area contributed by atoms with Crippen molar-refractivity contribution in [2.45, 2.75) is 19.4 Å². The van der Waals surface area contributed by atoms with Crippen LogP contribution >= 0.6 is 0 Å². The van der Waals surface area contributed by atoms with E-state index in [0.29, 0.717) is 6.04 Å². The van der Waals surface area contributed by atoms with Gasteiger partial charge in [0.2, 0.25) is 0 Å². The van der Waals surface area contributed by atoms with E-state index in [4.69, 9.17) is 0 Å². The molecule has 1 N–H and O–H groups in total. The lowest BCUT2D eigenvalue weighted by Gasteiger charge is -2.38. The number of piperazine rings is 1. The van der Waals surface area contributed by atoms with Gasteiger partial charge in [0.05, 0.1) is 4.92 Å². The smallest absolute Gasteiger partial charge is 0.295 e. The van der Waals surface area contributed by atoms with E-state index in [1.807, 2.05) is 25.1 Å². The van der Waals surface area contributed by atoms with Crippen molar-refractivity contribution >= 4 is 11.4 Å². The number of nitro benzene ring substituents is 1. The Morgan fingerprint density at radius 2 is 2.05 bits per heavy atom. The maximum absolute atomic E-state index is 11.3. The topological polar surface area (TPSA) is 61.6 Å². The molecule has 6 nitrogen and oxygen atoms in total. The molecule has 1 aromatic carbocycles. The van der Waals surface area contributed by atoms with Crippen LogP contribution in [0.4, 0.5) is 11.4 Å². The second kappa shape index (κ2) is 5.99. The number of nitrogens with one attached hydrogen (secondary N) is 1. The molecule has 1 aromatic rings. The number of benzene rings is 1. The second-order valence-electron chi connectivity index (χ2n) is 5.87. The third-order valence-electron chi connectivity index (χ3n) is 4.60. The molecule has 0 radical (unpaired) electrons. The fourth-order valence-electron chi connectivity index (χ4n) is 3.42. The molecule has 0 aromatic heterocycles. The Kier molecular flexibility index (Phi) is 4.07. The molecule has 0 spiro atoms. The van der Waals surface area contributed by atoms with Crippen molar-refractivity contribution in [1.82, 2.24) is 10.2 Å². The number of hydrogen-bond donors (Lipinski definition) is 1. The first-order valence-electron chi connectivity index (χ1n) is 7.60. The van der Waals surface area contributed by atoms with Gasteiger partial charge in [0.25, 0.3) is 5.69 Å². The van der Waals surface area contributed by atoms with Crippen LogP contribution in [0.25, 0.3) is 0 Å². The van der Waals surface area contributed by atoms with E-state index < -0.39 is 0 Å². The van der Waals surface area contributed by atoms with Crippen LogP contribution in [-0.4, -0.2) is 55.1 Å². The van der Waals surface area contributed by atoms with Crippen molar-refractivity contribution in [3.05, 3.63) is 33.9 Å². The van der Waals surface area contributed by atoms with Gasteiger partial charge in [0.15, 0.2) is 0 Å². The average molecular weight is 290 g/mol. The molecule has 2 aliphatic rings. The Labute approximate surface area is 124 Å². The summed E-state index contributed by atoms with van der Waals surface area (Å²) in [5, 5.41) is 14.7. The molecule has 2 heterocycles. The quantitative estimate of drug-likeness (QED) is 0.673. The van der Waals surface area contributed by atoms with Gasteiger partial charge in [-0.05, 0) is 26.0 Å². The number of nitro groups is 1. The molecule has 0 saturated carbocycles. The normalized spacial score (nSPS) is 23.5. The Hall–Kier alpha value is -1.66. The highest BCUT2D eigenvalue weighted by atomic mass is 16.6.